The second-order valence-electron chi connectivity index (χ2n) is 10.5. The third-order valence-electron chi connectivity index (χ3n) is 8.48. The molecule has 2 saturated carbocycles. The normalized spacial score (nSPS) is 34.9. The van der Waals surface area contributed by atoms with Gasteiger partial charge in [-0.1, -0.05) is 75.8 Å². The van der Waals surface area contributed by atoms with E-state index in [1.165, 1.54) is 18.4 Å². The van der Waals surface area contributed by atoms with Crippen molar-refractivity contribution in [3.8, 4) is 0 Å². The molecule has 1 N–H and O–H groups in total. The molecule has 3 aliphatic carbocycles. The standard InChI is InChI=1S/C29H42ClFO/c1-6-29(32,7-2)17-8-10-20(3)25-14-15-26-22(11-9-16-28(25,26)5)12-13-23-18-24(30)19-27(31)21(23)4/h8,12-14,17,20,24,26-27,32H,4,6-7,9-11,15-16,18-19H2,1-3,5H3. The molecule has 0 aromatic heterocycles. The van der Waals surface area contributed by atoms with Crippen molar-refractivity contribution in [2.75, 3.05) is 0 Å². The van der Waals surface area contributed by atoms with Crippen LogP contribution < -0.4 is 0 Å². The molecule has 32 heavy (non-hydrogen) atoms. The van der Waals surface area contributed by atoms with Crippen molar-refractivity contribution in [2.24, 2.45) is 17.3 Å². The quantitative estimate of drug-likeness (QED) is 0.298. The number of alkyl halides is 2. The number of hydrogen-bond donors (Lipinski definition) is 1. The molecule has 0 bridgehead atoms. The molecule has 0 spiro atoms. The molecule has 0 heterocycles. The number of allylic oxidation sites excluding steroid dienone is 8. The Labute approximate surface area is 200 Å². The molecule has 5 unspecified atom stereocenters. The summed E-state index contributed by atoms with van der Waals surface area (Å²) in [5, 5.41) is 10.4. The predicted octanol–water partition coefficient (Wildman–Crippen LogP) is 8.40. The molecule has 0 radical (unpaired) electrons. The van der Waals surface area contributed by atoms with E-state index in [2.05, 4.69) is 44.7 Å². The number of halogens is 2. The van der Waals surface area contributed by atoms with Crippen LogP contribution in [0.25, 0.3) is 0 Å². The Morgan fingerprint density at radius 3 is 2.75 bits per heavy atom. The van der Waals surface area contributed by atoms with Crippen LogP contribution in [0.3, 0.4) is 0 Å². The van der Waals surface area contributed by atoms with Gasteiger partial charge in [-0.2, -0.15) is 0 Å². The summed E-state index contributed by atoms with van der Waals surface area (Å²) < 4.78 is 14.2. The Morgan fingerprint density at radius 2 is 2.06 bits per heavy atom. The van der Waals surface area contributed by atoms with Crippen LogP contribution >= 0.6 is 11.6 Å². The van der Waals surface area contributed by atoms with Gasteiger partial charge >= 0.3 is 0 Å². The van der Waals surface area contributed by atoms with E-state index in [-0.39, 0.29) is 10.8 Å². The molecule has 0 aliphatic heterocycles. The van der Waals surface area contributed by atoms with E-state index in [0.29, 0.717) is 30.3 Å². The predicted molar refractivity (Wildman–Crippen MR) is 136 cm³/mol. The van der Waals surface area contributed by atoms with Gasteiger partial charge in [0.1, 0.15) is 6.17 Å². The lowest BCUT2D eigenvalue weighted by molar-refractivity contribution is 0.0824. The first-order valence-electron chi connectivity index (χ1n) is 12.6. The second kappa shape index (κ2) is 10.4. The second-order valence-corrected chi connectivity index (χ2v) is 11.1. The first kappa shape index (κ1) is 25.5. The van der Waals surface area contributed by atoms with Gasteiger partial charge in [-0.25, -0.2) is 4.39 Å². The Bertz CT molecular complexity index is 815. The minimum Gasteiger partial charge on any atom is -0.386 e. The Morgan fingerprint density at radius 1 is 1.34 bits per heavy atom. The zero-order valence-electron chi connectivity index (χ0n) is 20.5. The fraction of sp³-hybridized carbons (Fsp3) is 0.655. The molecular formula is C29H42ClFO. The average molecular weight is 461 g/mol. The van der Waals surface area contributed by atoms with Crippen molar-refractivity contribution >= 4 is 11.6 Å². The lowest BCUT2D eigenvalue weighted by Gasteiger charge is -2.42. The third kappa shape index (κ3) is 5.33. The zero-order chi connectivity index (χ0) is 23.5. The summed E-state index contributed by atoms with van der Waals surface area (Å²) in [7, 11) is 0. The minimum absolute atomic E-state index is 0.136. The maximum absolute atomic E-state index is 14.2. The number of fused-ring (bicyclic) bond motifs is 1. The van der Waals surface area contributed by atoms with Gasteiger partial charge in [0.25, 0.3) is 0 Å². The topological polar surface area (TPSA) is 20.2 Å². The van der Waals surface area contributed by atoms with Crippen LogP contribution in [0, 0.1) is 17.3 Å². The largest absolute Gasteiger partial charge is 0.386 e. The van der Waals surface area contributed by atoms with Crippen molar-refractivity contribution in [3.05, 3.63) is 59.3 Å². The molecule has 3 heteroatoms. The van der Waals surface area contributed by atoms with Gasteiger partial charge in [0, 0.05) is 5.38 Å². The van der Waals surface area contributed by atoms with Crippen LogP contribution in [0.1, 0.15) is 85.5 Å². The van der Waals surface area contributed by atoms with Crippen LogP contribution in [-0.2, 0) is 0 Å². The Balaban J connectivity index is 1.73. The highest BCUT2D eigenvalue weighted by Crippen LogP contribution is 2.57. The highest BCUT2D eigenvalue weighted by Gasteiger charge is 2.45. The molecule has 3 aliphatic rings. The van der Waals surface area contributed by atoms with E-state index < -0.39 is 11.8 Å². The SMILES string of the molecule is C=C1C(=CC=C2CCCC3(C)C(C(C)CC=CC(O)(CC)CC)=CCC23)CC(Cl)CC1F. The lowest BCUT2D eigenvalue weighted by atomic mass is 9.62. The van der Waals surface area contributed by atoms with Gasteiger partial charge in [-0.3, -0.25) is 0 Å². The fourth-order valence-corrected chi connectivity index (χ4v) is 6.45. The summed E-state index contributed by atoms with van der Waals surface area (Å²) >= 11 is 6.27. The number of hydrogen-bond acceptors (Lipinski definition) is 1. The van der Waals surface area contributed by atoms with Gasteiger partial charge < -0.3 is 5.11 Å². The van der Waals surface area contributed by atoms with Gasteiger partial charge in [-0.15, -0.1) is 11.6 Å². The van der Waals surface area contributed by atoms with Gasteiger partial charge in [0.15, 0.2) is 0 Å². The molecule has 2 fully saturated rings. The number of aliphatic hydroxyl groups is 1. The monoisotopic (exact) mass is 460 g/mol. The van der Waals surface area contributed by atoms with Gasteiger partial charge in [-0.05, 0) is 86.2 Å². The highest BCUT2D eigenvalue weighted by molar-refractivity contribution is 6.21. The molecule has 178 valence electrons. The van der Waals surface area contributed by atoms with Crippen LogP contribution in [0.15, 0.2) is 59.3 Å². The molecule has 5 atom stereocenters. The summed E-state index contributed by atoms with van der Waals surface area (Å²) in [4.78, 5) is 0. The smallest absolute Gasteiger partial charge is 0.126 e. The van der Waals surface area contributed by atoms with Crippen molar-refractivity contribution in [1.29, 1.82) is 0 Å². The van der Waals surface area contributed by atoms with Crippen molar-refractivity contribution < 1.29 is 9.50 Å². The van der Waals surface area contributed by atoms with Crippen LogP contribution in [0.2, 0.25) is 0 Å². The maximum Gasteiger partial charge on any atom is 0.126 e. The van der Waals surface area contributed by atoms with Crippen molar-refractivity contribution in [2.45, 2.75) is 103 Å². The first-order chi connectivity index (χ1) is 15.1. The average Bonchev–Trinajstić information content (AvgIpc) is 3.12. The molecule has 0 aromatic rings. The van der Waals surface area contributed by atoms with Gasteiger partial charge in [0.05, 0.1) is 5.60 Å². The van der Waals surface area contributed by atoms with E-state index in [0.717, 1.165) is 37.7 Å². The molecule has 0 aromatic carbocycles. The summed E-state index contributed by atoms with van der Waals surface area (Å²) in [6.07, 6.45) is 18.2. The molecule has 0 saturated heterocycles. The lowest BCUT2D eigenvalue weighted by Crippen LogP contribution is -2.32. The van der Waals surface area contributed by atoms with Gasteiger partial charge in [0.2, 0.25) is 0 Å². The molecular weight excluding hydrogens is 419 g/mol. The van der Waals surface area contributed by atoms with E-state index in [1.807, 2.05) is 19.9 Å². The highest BCUT2D eigenvalue weighted by atomic mass is 35.5. The number of rotatable bonds is 7. The maximum atomic E-state index is 14.2. The van der Waals surface area contributed by atoms with Crippen LogP contribution in [-0.4, -0.2) is 22.3 Å². The summed E-state index contributed by atoms with van der Waals surface area (Å²) in [5.74, 6) is 1.00. The Hall–Kier alpha value is -1.12. The minimum atomic E-state index is -1.01. The van der Waals surface area contributed by atoms with E-state index in [9.17, 15) is 9.50 Å². The molecule has 1 nitrogen and oxygen atoms in total. The summed E-state index contributed by atoms with van der Waals surface area (Å²) in [6.45, 7) is 12.8. The molecule has 3 rings (SSSR count). The fourth-order valence-electron chi connectivity index (χ4n) is 6.12. The molecule has 0 amide bonds. The third-order valence-corrected chi connectivity index (χ3v) is 8.81. The van der Waals surface area contributed by atoms with E-state index >= 15 is 0 Å². The zero-order valence-corrected chi connectivity index (χ0v) is 21.2. The van der Waals surface area contributed by atoms with Crippen molar-refractivity contribution in [1.82, 2.24) is 0 Å². The van der Waals surface area contributed by atoms with E-state index in [4.69, 9.17) is 11.6 Å². The summed E-state index contributed by atoms with van der Waals surface area (Å²) in [5.41, 5.74) is 4.19. The Kier molecular flexibility index (Phi) is 8.31. The van der Waals surface area contributed by atoms with Crippen LogP contribution in [0.5, 0.6) is 0 Å². The summed E-state index contributed by atoms with van der Waals surface area (Å²) in [6, 6.07) is 0. The first-order valence-corrected chi connectivity index (χ1v) is 13.0. The van der Waals surface area contributed by atoms with E-state index in [1.54, 1.807) is 5.57 Å². The van der Waals surface area contributed by atoms with Crippen LogP contribution in [0.4, 0.5) is 4.39 Å². The van der Waals surface area contributed by atoms with Crippen molar-refractivity contribution in [3.63, 3.8) is 0 Å².